The van der Waals surface area contributed by atoms with Gasteiger partial charge in [-0.15, -0.1) is 0 Å². The molecule has 3 aromatic heterocycles. The fourth-order valence-electron chi connectivity index (χ4n) is 2.08. The number of hydrogen-bond acceptors (Lipinski definition) is 7. The van der Waals surface area contributed by atoms with Crippen molar-refractivity contribution in [3.8, 4) is 0 Å². The van der Waals surface area contributed by atoms with Crippen LogP contribution in [0.2, 0.25) is 0 Å². The SMILES string of the molecule is Cc1oc2ncn(C)c(=O)c2c1C(=O)NS(=O)(=O)c1ccn[nH]1. The van der Waals surface area contributed by atoms with E-state index < -0.39 is 21.5 Å². The lowest BCUT2D eigenvalue weighted by Gasteiger charge is -2.04. The normalized spacial score (nSPS) is 11.7. The predicted octanol–water partition coefficient (Wildman–Crippen LogP) is -0.323. The topological polar surface area (TPSA) is 140 Å². The van der Waals surface area contributed by atoms with Crippen molar-refractivity contribution in [3.05, 3.63) is 40.3 Å². The average Bonchev–Trinajstić information content (AvgIpc) is 3.10. The Balaban J connectivity index is 2.11. The van der Waals surface area contributed by atoms with E-state index in [1.807, 2.05) is 4.72 Å². The number of amides is 1. The second-order valence-electron chi connectivity index (χ2n) is 4.73. The van der Waals surface area contributed by atoms with E-state index in [-0.39, 0.29) is 27.4 Å². The highest BCUT2D eigenvalue weighted by Crippen LogP contribution is 2.21. The lowest BCUT2D eigenvalue weighted by atomic mass is 10.2. The Morgan fingerprint density at radius 1 is 1.43 bits per heavy atom. The molecule has 0 saturated heterocycles. The van der Waals surface area contributed by atoms with Gasteiger partial charge in [-0.3, -0.25) is 14.7 Å². The Labute approximate surface area is 129 Å². The predicted molar refractivity (Wildman–Crippen MR) is 77.2 cm³/mol. The van der Waals surface area contributed by atoms with Crippen LogP contribution < -0.4 is 10.3 Å². The van der Waals surface area contributed by atoms with E-state index in [0.29, 0.717) is 0 Å². The lowest BCUT2D eigenvalue weighted by molar-refractivity contribution is 0.0981. The van der Waals surface area contributed by atoms with Crippen LogP contribution in [0.15, 0.2) is 32.8 Å². The van der Waals surface area contributed by atoms with Crippen LogP contribution >= 0.6 is 0 Å². The molecule has 0 atom stereocenters. The first-order valence-corrected chi connectivity index (χ1v) is 7.81. The molecule has 0 radical (unpaired) electrons. The molecule has 120 valence electrons. The van der Waals surface area contributed by atoms with Crippen LogP contribution in [0.4, 0.5) is 0 Å². The molecule has 2 N–H and O–H groups in total. The van der Waals surface area contributed by atoms with E-state index >= 15 is 0 Å². The first kappa shape index (κ1) is 15.0. The van der Waals surface area contributed by atoms with Crippen molar-refractivity contribution in [2.75, 3.05) is 0 Å². The zero-order valence-corrected chi connectivity index (χ0v) is 12.8. The molecule has 0 unspecified atom stereocenters. The number of H-pyrrole nitrogens is 1. The van der Waals surface area contributed by atoms with Gasteiger partial charge in [-0.2, -0.15) is 13.5 Å². The zero-order chi connectivity index (χ0) is 16.8. The summed E-state index contributed by atoms with van der Waals surface area (Å²) in [6, 6.07) is 1.19. The van der Waals surface area contributed by atoms with Crippen molar-refractivity contribution in [2.24, 2.45) is 7.05 Å². The van der Waals surface area contributed by atoms with Crippen LogP contribution in [-0.2, 0) is 17.1 Å². The van der Waals surface area contributed by atoms with E-state index in [2.05, 4.69) is 15.2 Å². The van der Waals surface area contributed by atoms with Crippen LogP contribution in [0.1, 0.15) is 16.1 Å². The number of hydrogen-bond donors (Lipinski definition) is 2. The number of rotatable bonds is 3. The summed E-state index contributed by atoms with van der Waals surface area (Å²) in [6.45, 7) is 1.44. The number of aryl methyl sites for hydroxylation is 2. The molecule has 10 nitrogen and oxygen atoms in total. The Morgan fingerprint density at radius 3 is 2.83 bits per heavy atom. The molecule has 0 fully saturated rings. The third kappa shape index (κ3) is 2.40. The minimum absolute atomic E-state index is 0.0327. The first-order chi connectivity index (χ1) is 10.8. The molecule has 0 saturated carbocycles. The quantitative estimate of drug-likeness (QED) is 0.667. The number of nitrogens with one attached hydrogen (secondary N) is 2. The van der Waals surface area contributed by atoms with Gasteiger partial charge in [-0.25, -0.2) is 9.71 Å². The third-order valence-electron chi connectivity index (χ3n) is 3.17. The van der Waals surface area contributed by atoms with Gasteiger partial charge in [-0.1, -0.05) is 0 Å². The average molecular weight is 337 g/mol. The second kappa shape index (κ2) is 5.05. The molecule has 23 heavy (non-hydrogen) atoms. The fourth-order valence-corrected chi connectivity index (χ4v) is 2.95. The van der Waals surface area contributed by atoms with Crippen molar-refractivity contribution in [1.29, 1.82) is 0 Å². The van der Waals surface area contributed by atoms with Gasteiger partial charge in [-0.05, 0) is 13.0 Å². The molecule has 0 aromatic carbocycles. The number of nitrogens with zero attached hydrogens (tertiary/aromatic N) is 3. The van der Waals surface area contributed by atoms with Crippen molar-refractivity contribution in [3.63, 3.8) is 0 Å². The van der Waals surface area contributed by atoms with Crippen LogP contribution in [0, 0.1) is 6.92 Å². The molecule has 1 amide bonds. The number of aromatic nitrogens is 4. The van der Waals surface area contributed by atoms with Gasteiger partial charge in [0.05, 0.1) is 11.8 Å². The Bertz CT molecular complexity index is 1060. The second-order valence-corrected chi connectivity index (χ2v) is 6.38. The smallest absolute Gasteiger partial charge is 0.281 e. The summed E-state index contributed by atoms with van der Waals surface area (Å²) in [5, 5.41) is 5.41. The van der Waals surface area contributed by atoms with Crippen molar-refractivity contribution >= 4 is 27.0 Å². The highest BCUT2D eigenvalue weighted by atomic mass is 32.2. The van der Waals surface area contributed by atoms with Crippen molar-refractivity contribution < 1.29 is 17.6 Å². The summed E-state index contributed by atoms with van der Waals surface area (Å²) >= 11 is 0. The molecule has 0 bridgehead atoms. The van der Waals surface area contributed by atoms with Crippen LogP contribution in [0.3, 0.4) is 0 Å². The maximum absolute atomic E-state index is 12.4. The highest BCUT2D eigenvalue weighted by Gasteiger charge is 2.27. The van der Waals surface area contributed by atoms with E-state index in [9.17, 15) is 18.0 Å². The summed E-state index contributed by atoms with van der Waals surface area (Å²) in [5.41, 5.74) is -0.720. The number of carbonyl (C=O) groups excluding carboxylic acids is 1. The molecule has 0 aliphatic rings. The van der Waals surface area contributed by atoms with Crippen LogP contribution in [0.25, 0.3) is 11.1 Å². The first-order valence-electron chi connectivity index (χ1n) is 6.32. The summed E-state index contributed by atoms with van der Waals surface area (Å²) in [5.74, 6) is -0.894. The number of aromatic amines is 1. The molecule has 3 aromatic rings. The van der Waals surface area contributed by atoms with Crippen LogP contribution in [0.5, 0.6) is 0 Å². The Kier molecular flexibility index (Phi) is 3.29. The number of fused-ring (bicyclic) bond motifs is 1. The van der Waals surface area contributed by atoms with Gasteiger partial charge in [0.25, 0.3) is 21.5 Å². The van der Waals surface area contributed by atoms with Gasteiger partial charge >= 0.3 is 0 Å². The number of sulfonamides is 1. The number of furan rings is 1. The van der Waals surface area contributed by atoms with Crippen LogP contribution in [-0.4, -0.2) is 34.1 Å². The summed E-state index contributed by atoms with van der Waals surface area (Å²) in [6.07, 6.45) is 2.48. The standard InChI is InChI=1S/C12H11N5O5S/c1-6-8(9-11(22-6)13-5-17(2)12(9)19)10(18)16-23(20,21)7-3-4-14-15-7/h3-5H,1-2H3,(H,14,15)(H,16,18). The van der Waals surface area contributed by atoms with Gasteiger partial charge in [0, 0.05) is 7.05 Å². The van der Waals surface area contributed by atoms with Gasteiger partial charge in [0.2, 0.25) is 5.71 Å². The summed E-state index contributed by atoms with van der Waals surface area (Å²) in [4.78, 5) is 28.4. The molecule has 0 spiro atoms. The monoisotopic (exact) mass is 337 g/mol. The minimum atomic E-state index is -4.14. The highest BCUT2D eigenvalue weighted by molar-refractivity contribution is 7.90. The van der Waals surface area contributed by atoms with E-state index in [1.165, 1.54) is 32.6 Å². The van der Waals surface area contributed by atoms with Gasteiger partial charge in [0.15, 0.2) is 5.03 Å². The van der Waals surface area contributed by atoms with Gasteiger partial charge in [0.1, 0.15) is 17.5 Å². The van der Waals surface area contributed by atoms with E-state index in [0.717, 1.165) is 4.57 Å². The zero-order valence-electron chi connectivity index (χ0n) is 12.0. The van der Waals surface area contributed by atoms with Crippen molar-refractivity contribution in [2.45, 2.75) is 11.9 Å². The maximum Gasteiger partial charge on any atom is 0.281 e. The maximum atomic E-state index is 12.4. The third-order valence-corrected chi connectivity index (χ3v) is 4.43. The Morgan fingerprint density at radius 2 is 2.17 bits per heavy atom. The molecular formula is C12H11N5O5S. The van der Waals surface area contributed by atoms with Gasteiger partial charge < -0.3 is 8.98 Å². The minimum Gasteiger partial charge on any atom is -0.442 e. The van der Waals surface area contributed by atoms with E-state index in [1.54, 1.807) is 0 Å². The molecule has 3 heterocycles. The molecule has 0 aliphatic heterocycles. The molecule has 11 heteroatoms. The largest absolute Gasteiger partial charge is 0.442 e. The van der Waals surface area contributed by atoms with Crippen molar-refractivity contribution in [1.82, 2.24) is 24.5 Å². The van der Waals surface area contributed by atoms with E-state index in [4.69, 9.17) is 4.42 Å². The summed E-state index contributed by atoms with van der Waals surface area (Å²) < 4.78 is 32.4. The summed E-state index contributed by atoms with van der Waals surface area (Å²) in [7, 11) is -2.68. The molecule has 3 rings (SSSR count). The molecular weight excluding hydrogens is 326 g/mol. The Hall–Kier alpha value is -2.95. The fraction of sp³-hybridized carbons (Fsp3) is 0.167. The lowest BCUT2D eigenvalue weighted by Crippen LogP contribution is -2.32. The number of carbonyl (C=O) groups is 1. The molecule has 0 aliphatic carbocycles.